The first-order valence-corrected chi connectivity index (χ1v) is 10.3. The molecule has 1 aromatic rings. The number of carbonyl (C=O) groups is 3. The molecule has 2 aliphatic rings. The van der Waals surface area contributed by atoms with Crippen LogP contribution in [0.4, 0.5) is 4.79 Å². The van der Waals surface area contributed by atoms with Gasteiger partial charge in [0.15, 0.2) is 0 Å². The Hall–Kier alpha value is -2.88. The van der Waals surface area contributed by atoms with Crippen molar-refractivity contribution >= 4 is 17.8 Å². The van der Waals surface area contributed by atoms with Gasteiger partial charge in [-0.25, -0.2) is 4.79 Å². The largest absolute Gasteiger partial charge is 0.336 e. The molecule has 2 N–H and O–H groups in total. The van der Waals surface area contributed by atoms with Crippen LogP contribution >= 0.6 is 0 Å². The summed E-state index contributed by atoms with van der Waals surface area (Å²) in [6.45, 7) is 3.36. The summed E-state index contributed by atoms with van der Waals surface area (Å²) >= 11 is 0. The summed E-state index contributed by atoms with van der Waals surface area (Å²) in [5.74, 6) is -0.949. The molecule has 2 fully saturated rings. The first-order chi connectivity index (χ1) is 13.8. The molecule has 1 saturated heterocycles. The highest BCUT2D eigenvalue weighted by Crippen LogP contribution is 2.30. The van der Waals surface area contributed by atoms with E-state index in [1.807, 2.05) is 24.3 Å². The summed E-state index contributed by atoms with van der Waals surface area (Å²) in [6, 6.07) is 9.23. The second kappa shape index (κ2) is 8.24. The van der Waals surface area contributed by atoms with Crippen molar-refractivity contribution in [2.45, 2.75) is 69.9 Å². The van der Waals surface area contributed by atoms with Gasteiger partial charge in [-0.05, 0) is 37.3 Å². The van der Waals surface area contributed by atoms with Crippen molar-refractivity contribution in [3.8, 4) is 6.07 Å². The van der Waals surface area contributed by atoms with Gasteiger partial charge in [-0.3, -0.25) is 14.5 Å². The van der Waals surface area contributed by atoms with Crippen LogP contribution in [-0.2, 0) is 21.5 Å². The Morgan fingerprint density at radius 3 is 2.45 bits per heavy atom. The molecule has 0 radical (unpaired) electrons. The van der Waals surface area contributed by atoms with E-state index in [0.29, 0.717) is 18.4 Å². The van der Waals surface area contributed by atoms with Crippen LogP contribution in [0.25, 0.3) is 0 Å². The molecule has 154 valence electrons. The molecule has 4 amide bonds. The second-order valence-corrected chi connectivity index (χ2v) is 8.20. The van der Waals surface area contributed by atoms with Crippen LogP contribution in [0.2, 0.25) is 0 Å². The van der Waals surface area contributed by atoms with Crippen molar-refractivity contribution < 1.29 is 14.4 Å². The van der Waals surface area contributed by atoms with E-state index in [0.717, 1.165) is 37.0 Å². The Morgan fingerprint density at radius 2 is 1.86 bits per heavy atom. The number of hydrogen-bond acceptors (Lipinski definition) is 4. The zero-order chi connectivity index (χ0) is 21.1. The molecule has 0 aromatic heterocycles. The molecule has 0 bridgehead atoms. The number of nitriles is 1. The van der Waals surface area contributed by atoms with Gasteiger partial charge in [0.1, 0.15) is 17.6 Å². The predicted molar refractivity (Wildman–Crippen MR) is 108 cm³/mol. The average molecular weight is 396 g/mol. The number of urea groups is 1. The molecule has 1 aromatic carbocycles. The molecule has 1 saturated carbocycles. The van der Waals surface area contributed by atoms with E-state index in [4.69, 9.17) is 0 Å². The highest BCUT2D eigenvalue weighted by Gasteiger charge is 2.49. The van der Waals surface area contributed by atoms with Crippen molar-refractivity contribution in [1.82, 2.24) is 15.5 Å². The Balaban J connectivity index is 1.71. The highest BCUT2D eigenvalue weighted by atomic mass is 16.2. The molecule has 1 atom stereocenters. The maximum Gasteiger partial charge on any atom is 0.325 e. The Morgan fingerprint density at radius 1 is 1.21 bits per heavy atom. The molecule has 7 nitrogen and oxygen atoms in total. The smallest absolute Gasteiger partial charge is 0.325 e. The number of aryl methyl sites for hydroxylation is 1. The lowest BCUT2D eigenvalue weighted by Crippen LogP contribution is -2.52. The minimum atomic E-state index is -1.21. The van der Waals surface area contributed by atoms with Gasteiger partial charge in [-0.1, -0.05) is 56.9 Å². The minimum Gasteiger partial charge on any atom is -0.336 e. The fraction of sp³-hybridized carbons (Fsp3) is 0.545. The van der Waals surface area contributed by atoms with Crippen LogP contribution in [0.15, 0.2) is 24.3 Å². The molecule has 7 heteroatoms. The fourth-order valence-corrected chi connectivity index (χ4v) is 4.20. The average Bonchev–Trinajstić information content (AvgIpc) is 2.93. The SMILES string of the molecule is CCCc1ccc([C@]2(C)NC(=O)N(CC(=O)NC3(C#N)CCCCC3)C2=O)cc1. The number of imide groups is 1. The van der Waals surface area contributed by atoms with E-state index in [-0.39, 0.29) is 0 Å². The van der Waals surface area contributed by atoms with Crippen LogP contribution in [0, 0.1) is 11.3 Å². The third kappa shape index (κ3) is 4.12. The van der Waals surface area contributed by atoms with Crippen LogP contribution in [0.3, 0.4) is 0 Å². The maximum absolute atomic E-state index is 13.0. The van der Waals surface area contributed by atoms with E-state index < -0.39 is 35.5 Å². The lowest BCUT2D eigenvalue weighted by molar-refractivity contribution is -0.135. The van der Waals surface area contributed by atoms with Crippen LogP contribution in [-0.4, -0.2) is 34.8 Å². The van der Waals surface area contributed by atoms with Crippen LogP contribution < -0.4 is 10.6 Å². The second-order valence-electron chi connectivity index (χ2n) is 8.20. The Bertz CT molecular complexity index is 837. The number of amides is 4. The van der Waals surface area contributed by atoms with Crippen LogP contribution in [0.5, 0.6) is 0 Å². The van der Waals surface area contributed by atoms with Crippen molar-refractivity contribution in [2.75, 3.05) is 6.54 Å². The highest BCUT2D eigenvalue weighted by molar-refractivity contribution is 6.09. The molecule has 0 spiro atoms. The van der Waals surface area contributed by atoms with E-state index in [1.54, 1.807) is 6.92 Å². The maximum atomic E-state index is 13.0. The van der Waals surface area contributed by atoms with Gasteiger partial charge in [0.2, 0.25) is 5.91 Å². The van der Waals surface area contributed by atoms with E-state index in [2.05, 4.69) is 23.6 Å². The zero-order valence-corrected chi connectivity index (χ0v) is 17.1. The number of nitrogens with zero attached hydrogens (tertiary/aromatic N) is 2. The standard InChI is InChI=1S/C22H28N4O3/c1-3-7-16-8-10-17(11-9-16)21(2)19(28)26(20(29)25-21)14-18(27)24-22(15-23)12-5-4-6-13-22/h8-11H,3-7,12-14H2,1-2H3,(H,24,27)(H,25,29)/t21-/m0/s1. The first kappa shape index (κ1) is 20.8. The molecule has 1 aliphatic carbocycles. The van der Waals surface area contributed by atoms with Gasteiger partial charge in [0.25, 0.3) is 5.91 Å². The van der Waals surface area contributed by atoms with Gasteiger partial charge in [-0.15, -0.1) is 0 Å². The van der Waals surface area contributed by atoms with Crippen molar-refractivity contribution in [3.05, 3.63) is 35.4 Å². The van der Waals surface area contributed by atoms with Gasteiger partial charge >= 0.3 is 6.03 Å². The fourth-order valence-electron chi connectivity index (χ4n) is 4.20. The van der Waals surface area contributed by atoms with Gasteiger partial charge in [-0.2, -0.15) is 5.26 Å². The predicted octanol–water partition coefficient (Wildman–Crippen LogP) is 2.75. The van der Waals surface area contributed by atoms with Crippen molar-refractivity contribution in [1.29, 1.82) is 5.26 Å². The molecule has 29 heavy (non-hydrogen) atoms. The molecular weight excluding hydrogens is 368 g/mol. The Kier molecular flexibility index (Phi) is 5.92. The topological polar surface area (TPSA) is 102 Å². The summed E-state index contributed by atoms with van der Waals surface area (Å²) < 4.78 is 0. The number of carbonyl (C=O) groups excluding carboxylic acids is 3. The summed E-state index contributed by atoms with van der Waals surface area (Å²) in [7, 11) is 0. The lowest BCUT2D eigenvalue weighted by atomic mass is 9.83. The lowest BCUT2D eigenvalue weighted by Gasteiger charge is -2.32. The first-order valence-electron chi connectivity index (χ1n) is 10.3. The van der Waals surface area contributed by atoms with E-state index in [9.17, 15) is 19.6 Å². The monoisotopic (exact) mass is 396 g/mol. The summed E-state index contributed by atoms with van der Waals surface area (Å²) in [5.41, 5.74) is -0.256. The molecule has 0 unspecified atom stereocenters. The van der Waals surface area contributed by atoms with Gasteiger partial charge in [0, 0.05) is 0 Å². The summed E-state index contributed by atoms with van der Waals surface area (Å²) in [5, 5.41) is 15.0. The summed E-state index contributed by atoms with van der Waals surface area (Å²) in [6.07, 6.45) is 5.96. The molecular formula is C22H28N4O3. The molecule has 3 rings (SSSR count). The van der Waals surface area contributed by atoms with Crippen LogP contribution in [0.1, 0.15) is 63.5 Å². The van der Waals surface area contributed by atoms with Gasteiger partial charge < -0.3 is 10.6 Å². The normalized spacial score (nSPS) is 23.4. The third-order valence-electron chi connectivity index (χ3n) is 5.95. The number of hydrogen-bond donors (Lipinski definition) is 2. The van der Waals surface area contributed by atoms with Crippen molar-refractivity contribution in [2.24, 2.45) is 0 Å². The molecule has 1 aliphatic heterocycles. The Labute approximate surface area is 171 Å². The number of nitrogens with one attached hydrogen (secondary N) is 2. The van der Waals surface area contributed by atoms with E-state index >= 15 is 0 Å². The zero-order valence-electron chi connectivity index (χ0n) is 17.1. The van der Waals surface area contributed by atoms with E-state index in [1.165, 1.54) is 5.56 Å². The van der Waals surface area contributed by atoms with Gasteiger partial charge in [0.05, 0.1) is 6.07 Å². The minimum absolute atomic E-state index is 0.391. The number of benzene rings is 1. The molecule has 1 heterocycles. The van der Waals surface area contributed by atoms with Crippen molar-refractivity contribution in [3.63, 3.8) is 0 Å². The quantitative estimate of drug-likeness (QED) is 0.722. The number of rotatable bonds is 6. The summed E-state index contributed by atoms with van der Waals surface area (Å²) in [4.78, 5) is 39.0. The third-order valence-corrected chi connectivity index (χ3v) is 5.95.